The van der Waals surface area contributed by atoms with Crippen molar-refractivity contribution in [3.63, 3.8) is 0 Å². The zero-order valence-corrected chi connectivity index (χ0v) is 11.7. The van der Waals surface area contributed by atoms with E-state index in [1.165, 1.54) is 16.9 Å². The minimum absolute atomic E-state index is 0.0928. The SMILES string of the molecule is CCc1ccc(-c2csc(NC(=O)CCN)n2)cc1. The van der Waals surface area contributed by atoms with Gasteiger partial charge in [-0.3, -0.25) is 4.79 Å². The van der Waals surface area contributed by atoms with Crippen LogP contribution in [0.3, 0.4) is 0 Å². The van der Waals surface area contributed by atoms with Crippen LogP contribution in [0, 0.1) is 0 Å². The van der Waals surface area contributed by atoms with E-state index in [0.717, 1.165) is 17.7 Å². The largest absolute Gasteiger partial charge is 0.330 e. The van der Waals surface area contributed by atoms with E-state index in [1.54, 1.807) is 0 Å². The van der Waals surface area contributed by atoms with Crippen molar-refractivity contribution in [2.45, 2.75) is 19.8 Å². The first-order chi connectivity index (χ1) is 9.22. The van der Waals surface area contributed by atoms with Crippen LogP contribution < -0.4 is 11.1 Å². The van der Waals surface area contributed by atoms with Gasteiger partial charge in [0, 0.05) is 23.9 Å². The molecule has 0 aliphatic heterocycles. The lowest BCUT2D eigenvalue weighted by atomic mass is 10.1. The number of amides is 1. The number of rotatable bonds is 5. The fourth-order valence-corrected chi connectivity index (χ4v) is 2.42. The highest BCUT2D eigenvalue weighted by Crippen LogP contribution is 2.25. The van der Waals surface area contributed by atoms with Crippen molar-refractivity contribution in [3.8, 4) is 11.3 Å². The van der Waals surface area contributed by atoms with E-state index < -0.39 is 0 Å². The van der Waals surface area contributed by atoms with E-state index in [0.29, 0.717) is 18.1 Å². The summed E-state index contributed by atoms with van der Waals surface area (Å²) in [6.07, 6.45) is 1.35. The summed E-state index contributed by atoms with van der Waals surface area (Å²) in [5, 5.41) is 5.31. The first kappa shape index (κ1) is 13.7. The van der Waals surface area contributed by atoms with E-state index in [1.807, 2.05) is 5.38 Å². The number of aryl methyl sites for hydroxylation is 1. The molecular formula is C14H17N3OS. The summed E-state index contributed by atoms with van der Waals surface area (Å²) >= 11 is 1.42. The average Bonchev–Trinajstić information content (AvgIpc) is 2.87. The summed E-state index contributed by atoms with van der Waals surface area (Å²) in [5.41, 5.74) is 8.58. The molecule has 0 aliphatic carbocycles. The predicted molar refractivity (Wildman–Crippen MR) is 79.2 cm³/mol. The second kappa shape index (κ2) is 6.45. The van der Waals surface area contributed by atoms with Gasteiger partial charge in [-0.25, -0.2) is 4.98 Å². The lowest BCUT2D eigenvalue weighted by molar-refractivity contribution is -0.116. The van der Waals surface area contributed by atoms with E-state index in [-0.39, 0.29) is 5.91 Å². The van der Waals surface area contributed by atoms with Crippen LogP contribution in [0.1, 0.15) is 18.9 Å². The Bertz CT molecular complexity index is 548. The minimum Gasteiger partial charge on any atom is -0.330 e. The molecule has 1 heterocycles. The molecule has 100 valence electrons. The Hall–Kier alpha value is -1.72. The summed E-state index contributed by atoms with van der Waals surface area (Å²) in [5.74, 6) is -0.0928. The predicted octanol–water partition coefficient (Wildman–Crippen LogP) is 2.66. The lowest BCUT2D eigenvalue weighted by Crippen LogP contribution is -2.15. The van der Waals surface area contributed by atoms with E-state index in [4.69, 9.17) is 5.73 Å². The molecule has 0 saturated heterocycles. The summed E-state index contributed by atoms with van der Waals surface area (Å²) in [7, 11) is 0. The number of nitrogens with two attached hydrogens (primary N) is 1. The summed E-state index contributed by atoms with van der Waals surface area (Å²) in [6.45, 7) is 2.48. The number of carbonyl (C=O) groups excluding carboxylic acids is 1. The molecule has 0 saturated carbocycles. The molecule has 1 amide bonds. The van der Waals surface area contributed by atoms with Gasteiger partial charge in [0.2, 0.25) is 5.91 Å². The Labute approximate surface area is 116 Å². The van der Waals surface area contributed by atoms with Crippen LogP contribution >= 0.6 is 11.3 Å². The molecule has 1 aromatic heterocycles. The Kier molecular flexibility index (Phi) is 4.65. The molecule has 0 spiro atoms. The first-order valence-electron chi connectivity index (χ1n) is 6.27. The summed E-state index contributed by atoms with van der Waals surface area (Å²) in [4.78, 5) is 15.8. The normalized spacial score (nSPS) is 10.4. The van der Waals surface area contributed by atoms with Crippen LogP contribution in [-0.2, 0) is 11.2 Å². The lowest BCUT2D eigenvalue weighted by Gasteiger charge is -2.00. The number of nitrogens with zero attached hydrogens (tertiary/aromatic N) is 1. The number of carbonyl (C=O) groups is 1. The zero-order chi connectivity index (χ0) is 13.7. The van der Waals surface area contributed by atoms with Crippen LogP contribution in [0.15, 0.2) is 29.6 Å². The molecule has 4 nitrogen and oxygen atoms in total. The standard InChI is InChI=1S/C14H17N3OS/c1-2-10-3-5-11(6-4-10)12-9-19-14(16-12)17-13(18)7-8-15/h3-6,9H,2,7-8,15H2,1H3,(H,16,17,18). The molecule has 3 N–H and O–H groups in total. The van der Waals surface area contributed by atoms with Crippen molar-refractivity contribution in [1.82, 2.24) is 4.98 Å². The maximum atomic E-state index is 11.4. The fourth-order valence-electron chi connectivity index (χ4n) is 1.69. The Morgan fingerprint density at radius 3 is 2.74 bits per heavy atom. The van der Waals surface area contributed by atoms with Gasteiger partial charge in [0.05, 0.1) is 5.69 Å². The van der Waals surface area contributed by atoms with Gasteiger partial charge in [-0.05, 0) is 12.0 Å². The van der Waals surface area contributed by atoms with Gasteiger partial charge < -0.3 is 11.1 Å². The smallest absolute Gasteiger partial charge is 0.227 e. The molecule has 5 heteroatoms. The van der Waals surface area contributed by atoms with Gasteiger partial charge >= 0.3 is 0 Å². The molecule has 0 unspecified atom stereocenters. The number of hydrogen-bond acceptors (Lipinski definition) is 4. The quantitative estimate of drug-likeness (QED) is 0.881. The number of hydrogen-bond donors (Lipinski definition) is 2. The van der Waals surface area contributed by atoms with Crippen LogP contribution in [0.25, 0.3) is 11.3 Å². The van der Waals surface area contributed by atoms with Crippen molar-refractivity contribution in [1.29, 1.82) is 0 Å². The third kappa shape index (κ3) is 3.62. The van der Waals surface area contributed by atoms with Gasteiger partial charge in [0.15, 0.2) is 5.13 Å². The highest BCUT2D eigenvalue weighted by molar-refractivity contribution is 7.14. The number of anilines is 1. The molecule has 0 atom stereocenters. The molecule has 19 heavy (non-hydrogen) atoms. The Morgan fingerprint density at radius 2 is 2.11 bits per heavy atom. The first-order valence-corrected chi connectivity index (χ1v) is 7.15. The topological polar surface area (TPSA) is 68.0 Å². The maximum absolute atomic E-state index is 11.4. The highest BCUT2D eigenvalue weighted by atomic mass is 32.1. The number of aromatic nitrogens is 1. The fraction of sp³-hybridized carbons (Fsp3) is 0.286. The monoisotopic (exact) mass is 275 g/mol. The number of thiazole rings is 1. The zero-order valence-electron chi connectivity index (χ0n) is 10.8. The molecule has 1 aromatic carbocycles. The molecule has 0 radical (unpaired) electrons. The number of benzene rings is 1. The molecule has 2 aromatic rings. The maximum Gasteiger partial charge on any atom is 0.227 e. The van der Waals surface area contributed by atoms with Crippen molar-refractivity contribution in [3.05, 3.63) is 35.2 Å². The Balaban J connectivity index is 2.09. The van der Waals surface area contributed by atoms with Crippen LogP contribution in [0.2, 0.25) is 0 Å². The van der Waals surface area contributed by atoms with E-state index in [9.17, 15) is 4.79 Å². The second-order valence-electron chi connectivity index (χ2n) is 4.18. The van der Waals surface area contributed by atoms with Gasteiger partial charge in [-0.1, -0.05) is 31.2 Å². The molecule has 0 aliphatic rings. The van der Waals surface area contributed by atoms with E-state index >= 15 is 0 Å². The summed E-state index contributed by atoms with van der Waals surface area (Å²) < 4.78 is 0. The van der Waals surface area contributed by atoms with Crippen LogP contribution in [0.5, 0.6) is 0 Å². The van der Waals surface area contributed by atoms with Crippen LogP contribution in [0.4, 0.5) is 5.13 Å². The van der Waals surface area contributed by atoms with Crippen molar-refractivity contribution >= 4 is 22.4 Å². The van der Waals surface area contributed by atoms with E-state index in [2.05, 4.69) is 41.5 Å². The second-order valence-corrected chi connectivity index (χ2v) is 5.03. The summed E-state index contributed by atoms with van der Waals surface area (Å²) in [6, 6.07) is 8.31. The molecule has 0 fully saturated rings. The average molecular weight is 275 g/mol. The van der Waals surface area contributed by atoms with Gasteiger partial charge in [-0.15, -0.1) is 11.3 Å². The van der Waals surface area contributed by atoms with Crippen molar-refractivity contribution in [2.75, 3.05) is 11.9 Å². The molecule has 0 bridgehead atoms. The van der Waals surface area contributed by atoms with Gasteiger partial charge in [-0.2, -0.15) is 0 Å². The minimum atomic E-state index is -0.0928. The Morgan fingerprint density at radius 1 is 1.37 bits per heavy atom. The highest BCUT2D eigenvalue weighted by Gasteiger charge is 2.07. The van der Waals surface area contributed by atoms with Crippen molar-refractivity contribution < 1.29 is 4.79 Å². The number of nitrogens with one attached hydrogen (secondary N) is 1. The third-order valence-corrected chi connectivity index (χ3v) is 3.54. The molecule has 2 rings (SSSR count). The third-order valence-electron chi connectivity index (χ3n) is 2.78. The van der Waals surface area contributed by atoms with Crippen LogP contribution in [-0.4, -0.2) is 17.4 Å². The van der Waals surface area contributed by atoms with Gasteiger partial charge in [0.25, 0.3) is 0 Å². The molecular weight excluding hydrogens is 258 g/mol. The van der Waals surface area contributed by atoms with Crippen molar-refractivity contribution in [2.24, 2.45) is 5.73 Å². The van der Waals surface area contributed by atoms with Gasteiger partial charge in [0.1, 0.15) is 0 Å².